The molecule has 0 saturated heterocycles. The van der Waals surface area contributed by atoms with E-state index in [1.807, 2.05) is 91.9 Å². The monoisotopic (exact) mass is 627 g/mol. The van der Waals surface area contributed by atoms with Crippen molar-refractivity contribution in [2.45, 2.75) is 17.1 Å². The molecule has 0 aliphatic rings. The molecular weight excluding hydrogens is 595 g/mol. The minimum absolute atomic E-state index is 0.0498. The Bertz CT molecular complexity index is 1840. The quantitative estimate of drug-likeness (QED) is 0.102. The first-order valence-corrected chi connectivity index (χ1v) is 15.5. The lowest BCUT2D eigenvalue weighted by molar-refractivity contribution is -0.116. The van der Waals surface area contributed by atoms with Gasteiger partial charge in [-0.25, -0.2) is 0 Å². The molecule has 0 aliphatic heterocycles. The zero-order valence-corrected chi connectivity index (χ0v) is 26.2. The Morgan fingerprint density at radius 3 is 2.09 bits per heavy atom. The summed E-state index contributed by atoms with van der Waals surface area (Å²) in [6.07, 6.45) is 1.58. The zero-order valence-electron chi connectivity index (χ0n) is 25.4. The van der Waals surface area contributed by atoms with Gasteiger partial charge in [0.1, 0.15) is 16.7 Å². The molecule has 7 nitrogen and oxygen atoms in total. The van der Waals surface area contributed by atoms with Gasteiger partial charge in [0, 0.05) is 27.4 Å². The van der Waals surface area contributed by atoms with Crippen LogP contribution < -0.4 is 20.7 Å². The normalized spacial score (nSPS) is 11.7. The predicted molar refractivity (Wildman–Crippen MR) is 185 cm³/mol. The van der Waals surface area contributed by atoms with Gasteiger partial charge in [-0.1, -0.05) is 78.9 Å². The Kier molecular flexibility index (Phi) is 10.7. The highest BCUT2D eigenvalue weighted by molar-refractivity contribution is 8.00. The summed E-state index contributed by atoms with van der Waals surface area (Å²) in [6.45, 7) is 1.98. The molecule has 0 radical (unpaired) electrons. The number of hydrogen-bond donors (Lipinski definition) is 3. The maximum Gasteiger partial charge on any atom is 0.272 e. The van der Waals surface area contributed by atoms with Crippen molar-refractivity contribution in [1.82, 2.24) is 5.32 Å². The lowest BCUT2D eigenvalue weighted by Crippen LogP contribution is -2.30. The van der Waals surface area contributed by atoms with Gasteiger partial charge >= 0.3 is 0 Å². The molecule has 3 N–H and O–H groups in total. The first-order valence-electron chi connectivity index (χ1n) is 14.6. The number of anilines is 2. The fourth-order valence-electron chi connectivity index (χ4n) is 4.67. The zero-order chi connectivity index (χ0) is 32.3. The fraction of sp³-hybridized carbons (Fsp3) is 0.0789. The van der Waals surface area contributed by atoms with Gasteiger partial charge in [0.25, 0.3) is 11.8 Å². The van der Waals surface area contributed by atoms with E-state index in [1.54, 1.807) is 61.7 Å². The van der Waals surface area contributed by atoms with Crippen LogP contribution in [-0.2, 0) is 9.59 Å². The molecule has 3 amide bonds. The molecule has 0 heterocycles. The number of nitrogens with one attached hydrogen (secondary N) is 3. The standard InChI is InChI=1S/C38H33N3O4S/c1-26-12-11-18-31(24-26)40-38(44)35(27-13-5-3-6-14-27)46-32-22-20-30(21-23-32)39-37(43)33(25-29-17-9-10-19-34(29)45-2)41-36(42)28-15-7-4-8-16-28/h3-25,35H,1-2H3,(H,39,43)(H,40,44)(H,41,42)/b33-25-. The second-order valence-corrected chi connectivity index (χ2v) is 11.5. The summed E-state index contributed by atoms with van der Waals surface area (Å²) in [4.78, 5) is 40.8. The van der Waals surface area contributed by atoms with Crippen molar-refractivity contribution >= 4 is 46.9 Å². The molecule has 0 bridgehead atoms. The SMILES string of the molecule is COc1ccccc1/C=C(\NC(=O)c1ccccc1)C(=O)Nc1ccc(SC(C(=O)Nc2cccc(C)c2)c2ccccc2)cc1. The van der Waals surface area contributed by atoms with Crippen LogP contribution in [0.15, 0.2) is 144 Å². The van der Waals surface area contributed by atoms with Crippen LogP contribution in [0.3, 0.4) is 0 Å². The third kappa shape index (κ3) is 8.52. The number of thioether (sulfide) groups is 1. The lowest BCUT2D eigenvalue weighted by Gasteiger charge is -2.18. The van der Waals surface area contributed by atoms with E-state index in [4.69, 9.17) is 4.74 Å². The van der Waals surface area contributed by atoms with Crippen molar-refractivity contribution in [3.8, 4) is 5.75 Å². The topological polar surface area (TPSA) is 96.5 Å². The highest BCUT2D eigenvalue weighted by Gasteiger charge is 2.23. The molecule has 5 rings (SSSR count). The second kappa shape index (κ2) is 15.4. The van der Waals surface area contributed by atoms with Crippen LogP contribution >= 0.6 is 11.8 Å². The molecule has 0 aromatic heterocycles. The molecule has 0 saturated carbocycles. The molecular formula is C38H33N3O4S. The number of carbonyl (C=O) groups excluding carboxylic acids is 3. The molecule has 230 valence electrons. The molecule has 1 atom stereocenters. The third-order valence-electron chi connectivity index (χ3n) is 6.96. The van der Waals surface area contributed by atoms with E-state index in [-0.39, 0.29) is 11.6 Å². The van der Waals surface area contributed by atoms with Crippen LogP contribution in [0.1, 0.15) is 32.3 Å². The average molecular weight is 628 g/mol. The number of carbonyl (C=O) groups is 3. The van der Waals surface area contributed by atoms with Gasteiger partial charge in [0.2, 0.25) is 5.91 Å². The van der Waals surface area contributed by atoms with E-state index in [0.717, 1.165) is 21.7 Å². The summed E-state index contributed by atoms with van der Waals surface area (Å²) >= 11 is 1.41. The maximum absolute atomic E-state index is 13.5. The molecule has 8 heteroatoms. The largest absolute Gasteiger partial charge is 0.496 e. The smallest absolute Gasteiger partial charge is 0.272 e. The van der Waals surface area contributed by atoms with E-state index in [1.165, 1.54) is 11.8 Å². The fourth-order valence-corrected chi connectivity index (χ4v) is 5.69. The molecule has 46 heavy (non-hydrogen) atoms. The molecule has 0 fully saturated rings. The molecule has 1 unspecified atom stereocenters. The minimum atomic E-state index is -0.509. The number of benzene rings is 5. The van der Waals surface area contributed by atoms with Crippen molar-refractivity contribution in [3.63, 3.8) is 0 Å². The highest BCUT2D eigenvalue weighted by Crippen LogP contribution is 2.37. The lowest BCUT2D eigenvalue weighted by atomic mass is 10.1. The number of amides is 3. The van der Waals surface area contributed by atoms with Gasteiger partial charge in [-0.05, 0) is 78.7 Å². The van der Waals surface area contributed by atoms with E-state index in [0.29, 0.717) is 22.6 Å². The van der Waals surface area contributed by atoms with Crippen molar-refractivity contribution in [2.75, 3.05) is 17.7 Å². The van der Waals surface area contributed by atoms with Crippen LogP contribution in [0.25, 0.3) is 6.08 Å². The van der Waals surface area contributed by atoms with E-state index >= 15 is 0 Å². The van der Waals surface area contributed by atoms with Crippen molar-refractivity contribution < 1.29 is 19.1 Å². The Morgan fingerprint density at radius 1 is 0.717 bits per heavy atom. The predicted octanol–water partition coefficient (Wildman–Crippen LogP) is 7.89. The van der Waals surface area contributed by atoms with Crippen LogP contribution in [-0.4, -0.2) is 24.8 Å². The molecule has 5 aromatic rings. The van der Waals surface area contributed by atoms with Crippen LogP contribution in [0.4, 0.5) is 11.4 Å². The molecule has 5 aromatic carbocycles. The van der Waals surface area contributed by atoms with E-state index in [2.05, 4.69) is 16.0 Å². The van der Waals surface area contributed by atoms with E-state index < -0.39 is 17.1 Å². The van der Waals surface area contributed by atoms with Gasteiger partial charge in [-0.3, -0.25) is 14.4 Å². The van der Waals surface area contributed by atoms with Gasteiger partial charge < -0.3 is 20.7 Å². The van der Waals surface area contributed by atoms with Gasteiger partial charge in [0.15, 0.2) is 0 Å². The summed E-state index contributed by atoms with van der Waals surface area (Å²) in [5.74, 6) is -0.503. The number of aryl methyl sites for hydroxylation is 1. The number of rotatable bonds is 11. The van der Waals surface area contributed by atoms with Crippen LogP contribution in [0.2, 0.25) is 0 Å². The van der Waals surface area contributed by atoms with Crippen molar-refractivity contribution in [1.29, 1.82) is 0 Å². The summed E-state index contributed by atoms with van der Waals surface area (Å²) in [6, 6.07) is 40.4. The molecule has 0 aliphatic carbocycles. The Hall–Kier alpha value is -5.60. The third-order valence-corrected chi connectivity index (χ3v) is 8.23. The number of ether oxygens (including phenoxy) is 1. The Labute approximate surface area is 272 Å². The summed E-state index contributed by atoms with van der Waals surface area (Å²) in [7, 11) is 1.54. The Morgan fingerprint density at radius 2 is 1.39 bits per heavy atom. The van der Waals surface area contributed by atoms with Crippen LogP contribution in [0.5, 0.6) is 5.75 Å². The number of hydrogen-bond acceptors (Lipinski definition) is 5. The summed E-state index contributed by atoms with van der Waals surface area (Å²) < 4.78 is 5.45. The maximum atomic E-state index is 13.5. The average Bonchev–Trinajstić information content (AvgIpc) is 3.08. The first kappa shape index (κ1) is 31.8. The Balaban J connectivity index is 1.34. The minimum Gasteiger partial charge on any atom is -0.496 e. The summed E-state index contributed by atoms with van der Waals surface area (Å²) in [5, 5.41) is 8.16. The van der Waals surface area contributed by atoms with Crippen molar-refractivity contribution in [2.24, 2.45) is 0 Å². The molecule has 0 spiro atoms. The van der Waals surface area contributed by atoms with Gasteiger partial charge in [-0.15, -0.1) is 11.8 Å². The van der Waals surface area contributed by atoms with Gasteiger partial charge in [0.05, 0.1) is 7.11 Å². The number of methoxy groups -OCH3 is 1. The van der Waals surface area contributed by atoms with Crippen LogP contribution in [0, 0.1) is 6.92 Å². The first-order chi connectivity index (χ1) is 22.4. The second-order valence-electron chi connectivity index (χ2n) is 10.4. The number of para-hydroxylation sites is 1. The van der Waals surface area contributed by atoms with Crippen molar-refractivity contribution in [3.05, 3.63) is 161 Å². The van der Waals surface area contributed by atoms with Gasteiger partial charge in [-0.2, -0.15) is 0 Å². The van der Waals surface area contributed by atoms with E-state index in [9.17, 15) is 14.4 Å². The summed E-state index contributed by atoms with van der Waals surface area (Å²) in [5.41, 5.74) is 4.28. The highest BCUT2D eigenvalue weighted by atomic mass is 32.2.